The van der Waals surface area contributed by atoms with Gasteiger partial charge in [0.15, 0.2) is 17.5 Å². The number of halogens is 2. The van der Waals surface area contributed by atoms with Crippen LogP contribution < -0.4 is 16.8 Å². The summed E-state index contributed by atoms with van der Waals surface area (Å²) in [5.41, 5.74) is 11.0. The van der Waals surface area contributed by atoms with Crippen molar-refractivity contribution in [3.8, 4) is 0 Å². The highest BCUT2D eigenvalue weighted by Crippen LogP contribution is 2.25. The van der Waals surface area contributed by atoms with Crippen molar-refractivity contribution in [2.24, 2.45) is 28.3 Å². The molecule has 0 aliphatic carbocycles. The van der Waals surface area contributed by atoms with E-state index in [-0.39, 0.29) is 48.9 Å². The molecule has 1 saturated heterocycles. The third-order valence-corrected chi connectivity index (χ3v) is 6.80. The molecule has 5 N–H and O–H groups in total. The van der Waals surface area contributed by atoms with Gasteiger partial charge in [-0.05, 0) is 55.9 Å². The number of amides is 2. The molecule has 9 nitrogen and oxygen atoms in total. The second-order valence-corrected chi connectivity index (χ2v) is 10.2. The van der Waals surface area contributed by atoms with Crippen LogP contribution in [0, 0.1) is 11.8 Å². The van der Waals surface area contributed by atoms with Crippen LogP contribution in [0.1, 0.15) is 56.3 Å². The minimum absolute atomic E-state index is 0.0773. The van der Waals surface area contributed by atoms with Crippen molar-refractivity contribution in [1.29, 1.82) is 0 Å². The number of likely N-dealkylation sites (tertiary alicyclic amines) is 1. The predicted molar refractivity (Wildman–Crippen MR) is 139 cm³/mol. The Kier molecular flexibility index (Phi) is 11.5. The highest BCUT2D eigenvalue weighted by Gasteiger charge is 2.39. The van der Waals surface area contributed by atoms with E-state index in [4.69, 9.17) is 11.5 Å². The van der Waals surface area contributed by atoms with Gasteiger partial charge in [-0.2, -0.15) is 0 Å². The average Bonchev–Trinajstić information content (AvgIpc) is 3.33. The number of nitrogens with zero attached hydrogens (tertiary/aromatic N) is 2. The smallest absolute Gasteiger partial charge is 0.251 e. The summed E-state index contributed by atoms with van der Waals surface area (Å²) in [5.74, 6) is -2.75. The Balaban J connectivity index is 2.09. The molecule has 11 heteroatoms. The third-order valence-electron chi connectivity index (χ3n) is 6.27. The Labute approximate surface area is 219 Å². The summed E-state index contributed by atoms with van der Waals surface area (Å²) >= 11 is 3.33. The Morgan fingerprint density at radius 2 is 1.86 bits per heavy atom. The predicted octanol–water partition coefficient (Wildman–Crippen LogP) is 2.36. The monoisotopic (exact) mass is 567 g/mol. The number of nitrogens with two attached hydrogens (primary N) is 2. The van der Waals surface area contributed by atoms with E-state index in [1.54, 1.807) is 24.3 Å². The van der Waals surface area contributed by atoms with Crippen molar-refractivity contribution in [3.05, 3.63) is 34.3 Å². The number of rotatable bonds is 13. The molecule has 2 rings (SSSR count). The van der Waals surface area contributed by atoms with Gasteiger partial charge in [0.1, 0.15) is 12.7 Å². The molecular weight excluding hydrogens is 533 g/mol. The first-order chi connectivity index (χ1) is 17.0. The molecule has 1 aliphatic rings. The van der Waals surface area contributed by atoms with E-state index in [9.17, 15) is 23.6 Å². The van der Waals surface area contributed by atoms with Gasteiger partial charge in [0, 0.05) is 35.5 Å². The summed E-state index contributed by atoms with van der Waals surface area (Å²) < 4.78 is 14.0. The number of benzene rings is 1. The van der Waals surface area contributed by atoms with Gasteiger partial charge >= 0.3 is 0 Å². The zero-order valence-electron chi connectivity index (χ0n) is 20.7. The summed E-state index contributed by atoms with van der Waals surface area (Å²) in [7, 11) is 0. The second kappa shape index (κ2) is 14.1. The fourth-order valence-electron chi connectivity index (χ4n) is 4.29. The molecule has 198 valence electrons. The average molecular weight is 568 g/mol. The van der Waals surface area contributed by atoms with Crippen LogP contribution in [0.15, 0.2) is 33.7 Å². The van der Waals surface area contributed by atoms with E-state index in [2.05, 4.69) is 26.2 Å². The molecule has 0 spiro atoms. The zero-order valence-corrected chi connectivity index (χ0v) is 22.3. The summed E-state index contributed by atoms with van der Waals surface area (Å²) in [4.78, 5) is 56.9. The van der Waals surface area contributed by atoms with Crippen LogP contribution in [0.2, 0.25) is 0 Å². The molecular formula is C25H35BrFN5O4. The van der Waals surface area contributed by atoms with Crippen LogP contribution in [0.3, 0.4) is 0 Å². The number of carbonyl (C=O) groups excluding carboxylic acids is 4. The molecule has 0 unspecified atom stereocenters. The minimum Gasteiger partial charge on any atom is -0.370 e. The third kappa shape index (κ3) is 8.39. The maximum absolute atomic E-state index is 13.5. The van der Waals surface area contributed by atoms with E-state index in [0.717, 1.165) is 4.47 Å². The maximum Gasteiger partial charge on any atom is 0.251 e. The zero-order chi connectivity index (χ0) is 26.8. The number of carbonyl (C=O) groups is 4. The second-order valence-electron chi connectivity index (χ2n) is 9.31. The standard InChI is InChI=1S/C25H35BrFN5O4/c1-15(2)22(31-23(35)16-7-9-18(26)10-8-16)24(36)32-12-4-6-19(32)20(33)13-17(21(34)14-27)5-3-11-30-25(28)29/h7-10,15,17,19,22H,3-6,11-14H2,1-2H3,(H,31,35)(H4,28,29,30)/t17-,19+,22+/m1/s1. The van der Waals surface area contributed by atoms with Crippen molar-refractivity contribution >= 4 is 45.3 Å². The number of Topliss-reactive ketones (excluding diaryl/α,β-unsaturated/α-hetero) is 2. The first-order valence-electron chi connectivity index (χ1n) is 12.1. The van der Waals surface area contributed by atoms with Crippen LogP contribution in [-0.4, -0.2) is 66.1 Å². The molecule has 1 aromatic rings. The Hall–Kier alpha value is -2.82. The summed E-state index contributed by atoms with van der Waals surface area (Å²) in [6.07, 6.45) is 1.62. The molecule has 1 aromatic carbocycles. The Bertz CT molecular complexity index is 966. The SMILES string of the molecule is CC(C)[C@H](NC(=O)c1ccc(Br)cc1)C(=O)N1CCC[C@H]1C(=O)C[C@@H](CCCN=C(N)N)C(=O)CF. The van der Waals surface area contributed by atoms with Crippen LogP contribution in [0.4, 0.5) is 4.39 Å². The van der Waals surface area contributed by atoms with Gasteiger partial charge in [-0.25, -0.2) is 4.39 Å². The van der Waals surface area contributed by atoms with E-state index in [1.165, 1.54) is 4.90 Å². The molecule has 3 atom stereocenters. The lowest BCUT2D eigenvalue weighted by Crippen LogP contribution is -2.54. The topological polar surface area (TPSA) is 148 Å². The molecule has 1 heterocycles. The highest BCUT2D eigenvalue weighted by atomic mass is 79.9. The number of hydrogen-bond donors (Lipinski definition) is 3. The van der Waals surface area contributed by atoms with Crippen molar-refractivity contribution in [2.45, 2.75) is 58.0 Å². The van der Waals surface area contributed by atoms with Gasteiger partial charge < -0.3 is 21.7 Å². The molecule has 0 radical (unpaired) electrons. The molecule has 0 saturated carbocycles. The van der Waals surface area contributed by atoms with E-state index < -0.39 is 30.5 Å². The number of nitrogens with one attached hydrogen (secondary N) is 1. The van der Waals surface area contributed by atoms with Crippen molar-refractivity contribution in [3.63, 3.8) is 0 Å². The molecule has 0 aromatic heterocycles. The first-order valence-corrected chi connectivity index (χ1v) is 12.9. The van der Waals surface area contributed by atoms with Crippen LogP contribution in [0.5, 0.6) is 0 Å². The van der Waals surface area contributed by atoms with Crippen molar-refractivity contribution < 1.29 is 23.6 Å². The normalized spacial score (nSPS) is 16.9. The van der Waals surface area contributed by atoms with Crippen LogP contribution in [-0.2, 0) is 14.4 Å². The molecule has 1 fully saturated rings. The van der Waals surface area contributed by atoms with Crippen LogP contribution >= 0.6 is 15.9 Å². The van der Waals surface area contributed by atoms with Gasteiger partial charge in [0.25, 0.3) is 5.91 Å². The van der Waals surface area contributed by atoms with Gasteiger partial charge in [0.2, 0.25) is 5.91 Å². The quantitative estimate of drug-likeness (QED) is 0.189. The van der Waals surface area contributed by atoms with Crippen molar-refractivity contribution in [2.75, 3.05) is 19.8 Å². The number of ketones is 2. The first kappa shape index (κ1) is 29.4. The Morgan fingerprint density at radius 1 is 1.19 bits per heavy atom. The fourth-order valence-corrected chi connectivity index (χ4v) is 4.56. The van der Waals surface area contributed by atoms with Crippen LogP contribution in [0.25, 0.3) is 0 Å². The number of hydrogen-bond acceptors (Lipinski definition) is 5. The lowest BCUT2D eigenvalue weighted by Gasteiger charge is -2.31. The van der Waals surface area contributed by atoms with E-state index >= 15 is 0 Å². The number of aliphatic imine (C=N–C) groups is 1. The lowest BCUT2D eigenvalue weighted by atomic mass is 9.90. The summed E-state index contributed by atoms with van der Waals surface area (Å²) in [5, 5.41) is 2.81. The van der Waals surface area contributed by atoms with Gasteiger partial charge in [0.05, 0.1) is 6.04 Å². The summed E-state index contributed by atoms with van der Waals surface area (Å²) in [6, 6.07) is 5.25. The lowest BCUT2D eigenvalue weighted by molar-refractivity contribution is -0.140. The number of alkyl halides is 1. The van der Waals surface area contributed by atoms with Gasteiger partial charge in [-0.15, -0.1) is 0 Å². The fraction of sp³-hybridized carbons (Fsp3) is 0.560. The highest BCUT2D eigenvalue weighted by molar-refractivity contribution is 9.10. The maximum atomic E-state index is 13.5. The van der Waals surface area contributed by atoms with E-state index in [0.29, 0.717) is 31.4 Å². The minimum atomic E-state index is -1.16. The van der Waals surface area contributed by atoms with E-state index in [1.807, 2.05) is 13.8 Å². The Morgan fingerprint density at radius 3 is 2.44 bits per heavy atom. The summed E-state index contributed by atoms with van der Waals surface area (Å²) in [6.45, 7) is 3.13. The molecule has 36 heavy (non-hydrogen) atoms. The largest absolute Gasteiger partial charge is 0.370 e. The van der Waals surface area contributed by atoms with Gasteiger partial charge in [-0.1, -0.05) is 29.8 Å². The van der Waals surface area contributed by atoms with Crippen molar-refractivity contribution in [1.82, 2.24) is 10.2 Å². The number of guanidine groups is 1. The molecule has 2 amide bonds. The molecule has 1 aliphatic heterocycles. The molecule has 0 bridgehead atoms. The van der Waals surface area contributed by atoms with Gasteiger partial charge in [-0.3, -0.25) is 24.2 Å².